The van der Waals surface area contributed by atoms with Crippen molar-refractivity contribution in [3.63, 3.8) is 0 Å². The highest BCUT2D eigenvalue weighted by Gasteiger charge is 2.18. The molecule has 0 spiro atoms. The lowest BCUT2D eigenvalue weighted by Crippen LogP contribution is -2.28. The largest absolute Gasteiger partial charge is 0.345 e. The summed E-state index contributed by atoms with van der Waals surface area (Å²) in [5.41, 5.74) is 5.93. The molecule has 0 amide bonds. The minimum Gasteiger partial charge on any atom is -0.330 e. The van der Waals surface area contributed by atoms with Crippen molar-refractivity contribution in [2.75, 3.05) is 6.54 Å². The molecule has 2 heterocycles. The van der Waals surface area contributed by atoms with Crippen molar-refractivity contribution >= 4 is 0 Å². The van der Waals surface area contributed by atoms with E-state index >= 15 is 0 Å². The molecule has 0 saturated heterocycles. The normalized spacial score (nSPS) is 15.7. The highest BCUT2D eigenvalue weighted by molar-refractivity contribution is 4.91. The van der Waals surface area contributed by atoms with Gasteiger partial charge in [0.25, 0.3) is 0 Å². The first-order valence-electron chi connectivity index (χ1n) is 6.90. The lowest BCUT2D eigenvalue weighted by Gasteiger charge is -2.21. The predicted molar refractivity (Wildman–Crippen MR) is 71.5 cm³/mol. The predicted octanol–water partition coefficient (Wildman–Crippen LogP) is 1.15. The average molecular weight is 252 g/mol. The first-order chi connectivity index (χ1) is 8.53. The maximum absolute atomic E-state index is 12.1. The maximum atomic E-state index is 12.1. The molecule has 1 aromatic rings. The van der Waals surface area contributed by atoms with E-state index in [2.05, 4.69) is 18.9 Å². The van der Waals surface area contributed by atoms with Crippen LogP contribution in [0.15, 0.2) is 4.79 Å². The van der Waals surface area contributed by atoms with Gasteiger partial charge in [0.15, 0.2) is 0 Å². The van der Waals surface area contributed by atoms with Crippen molar-refractivity contribution < 1.29 is 0 Å². The van der Waals surface area contributed by atoms with E-state index < -0.39 is 0 Å². The summed E-state index contributed by atoms with van der Waals surface area (Å²) in [6.45, 7) is 6.55. The van der Waals surface area contributed by atoms with E-state index in [1.807, 2.05) is 4.57 Å². The van der Waals surface area contributed by atoms with Crippen LogP contribution in [0.1, 0.15) is 45.4 Å². The van der Waals surface area contributed by atoms with Crippen LogP contribution in [0.4, 0.5) is 0 Å². The minimum atomic E-state index is 0.0651. The maximum Gasteiger partial charge on any atom is 0.345 e. The molecule has 2 N–H and O–H groups in total. The van der Waals surface area contributed by atoms with E-state index in [0.29, 0.717) is 13.1 Å². The van der Waals surface area contributed by atoms with Gasteiger partial charge in [-0.15, -0.1) is 0 Å². The van der Waals surface area contributed by atoms with Gasteiger partial charge in [-0.3, -0.25) is 4.57 Å². The molecule has 102 valence electrons. The quantitative estimate of drug-likeness (QED) is 0.854. The summed E-state index contributed by atoms with van der Waals surface area (Å²) in [7, 11) is 0. The zero-order valence-corrected chi connectivity index (χ0v) is 11.5. The molecule has 0 atom stereocenters. The molecular formula is C13H24N4O. The van der Waals surface area contributed by atoms with Gasteiger partial charge < -0.3 is 5.73 Å². The fourth-order valence-corrected chi connectivity index (χ4v) is 2.40. The molecule has 0 bridgehead atoms. The Hall–Kier alpha value is -1.10. The summed E-state index contributed by atoms with van der Waals surface area (Å²) in [6.07, 6.45) is 5.17. The first kappa shape index (κ1) is 13.3. The Morgan fingerprint density at radius 1 is 1.39 bits per heavy atom. The van der Waals surface area contributed by atoms with Crippen LogP contribution in [0.25, 0.3) is 0 Å². The third-order valence-corrected chi connectivity index (χ3v) is 3.81. The second-order valence-electron chi connectivity index (χ2n) is 6.00. The second-order valence-corrected chi connectivity index (χ2v) is 6.00. The summed E-state index contributed by atoms with van der Waals surface area (Å²) < 4.78 is 3.46. The Morgan fingerprint density at radius 3 is 2.83 bits per heavy atom. The standard InChI is InChI=1S/C13H24N4O/c1-13(2,10-14)7-5-9-17-12(18)16-8-4-3-6-11(16)15-17/h3-10,14H2,1-2H3. The Bertz CT molecular complexity index is 458. The highest BCUT2D eigenvalue weighted by atomic mass is 16.2. The van der Waals surface area contributed by atoms with E-state index in [1.54, 1.807) is 4.68 Å². The molecule has 1 aromatic heterocycles. The summed E-state index contributed by atoms with van der Waals surface area (Å²) in [4.78, 5) is 12.1. The third kappa shape index (κ3) is 2.83. The van der Waals surface area contributed by atoms with E-state index in [0.717, 1.165) is 44.5 Å². The highest BCUT2D eigenvalue weighted by Crippen LogP contribution is 2.20. The number of rotatable bonds is 5. The number of hydrogen-bond acceptors (Lipinski definition) is 3. The zero-order chi connectivity index (χ0) is 13.2. The third-order valence-electron chi connectivity index (χ3n) is 3.81. The fraction of sp³-hybridized carbons (Fsp3) is 0.846. The van der Waals surface area contributed by atoms with E-state index in [9.17, 15) is 4.79 Å². The van der Waals surface area contributed by atoms with Crippen LogP contribution in [0.5, 0.6) is 0 Å². The molecule has 1 aliphatic heterocycles. The molecule has 0 aliphatic carbocycles. The van der Waals surface area contributed by atoms with E-state index in [4.69, 9.17) is 5.73 Å². The van der Waals surface area contributed by atoms with Crippen molar-refractivity contribution in [2.45, 2.75) is 59.0 Å². The second kappa shape index (κ2) is 5.26. The van der Waals surface area contributed by atoms with E-state index in [-0.39, 0.29) is 11.1 Å². The van der Waals surface area contributed by atoms with Gasteiger partial charge in [-0.05, 0) is 37.6 Å². The van der Waals surface area contributed by atoms with Gasteiger partial charge in [0.05, 0.1) is 0 Å². The van der Waals surface area contributed by atoms with Gasteiger partial charge >= 0.3 is 5.69 Å². The Morgan fingerprint density at radius 2 is 2.17 bits per heavy atom. The van der Waals surface area contributed by atoms with Crippen LogP contribution in [-0.2, 0) is 19.5 Å². The van der Waals surface area contributed by atoms with Crippen molar-refractivity contribution in [3.8, 4) is 0 Å². The number of aromatic nitrogens is 3. The van der Waals surface area contributed by atoms with Crippen molar-refractivity contribution in [1.29, 1.82) is 0 Å². The molecular weight excluding hydrogens is 228 g/mol. The zero-order valence-electron chi connectivity index (χ0n) is 11.5. The van der Waals surface area contributed by atoms with Crippen molar-refractivity contribution in [3.05, 3.63) is 16.3 Å². The van der Waals surface area contributed by atoms with Gasteiger partial charge in [0, 0.05) is 19.5 Å². The molecule has 5 heteroatoms. The SMILES string of the molecule is CC(C)(CN)CCCn1nc2n(c1=O)CCCC2. The average Bonchev–Trinajstić information content (AvgIpc) is 2.67. The number of fused-ring (bicyclic) bond motifs is 1. The van der Waals surface area contributed by atoms with Gasteiger partial charge in [0.2, 0.25) is 0 Å². The Kier molecular flexibility index (Phi) is 3.90. The molecule has 0 saturated carbocycles. The molecule has 1 aliphatic rings. The van der Waals surface area contributed by atoms with Crippen LogP contribution in [0.3, 0.4) is 0 Å². The van der Waals surface area contributed by atoms with E-state index in [1.165, 1.54) is 0 Å². The first-order valence-corrected chi connectivity index (χ1v) is 6.90. The molecule has 0 aromatic carbocycles. The summed E-state index contributed by atoms with van der Waals surface area (Å²) in [5.74, 6) is 0.962. The lowest BCUT2D eigenvalue weighted by molar-refractivity contribution is 0.322. The summed E-state index contributed by atoms with van der Waals surface area (Å²) >= 11 is 0. The molecule has 2 rings (SSSR count). The topological polar surface area (TPSA) is 65.8 Å². The molecule has 0 unspecified atom stereocenters. The lowest BCUT2D eigenvalue weighted by atomic mass is 9.88. The molecule has 5 nitrogen and oxygen atoms in total. The Balaban J connectivity index is 1.98. The van der Waals surface area contributed by atoms with Gasteiger partial charge in [0.1, 0.15) is 5.82 Å². The molecule has 18 heavy (non-hydrogen) atoms. The van der Waals surface area contributed by atoms with Crippen molar-refractivity contribution in [2.24, 2.45) is 11.1 Å². The number of nitrogens with zero attached hydrogens (tertiary/aromatic N) is 3. The van der Waals surface area contributed by atoms with Gasteiger partial charge in [-0.25, -0.2) is 9.48 Å². The number of nitrogens with two attached hydrogens (primary N) is 1. The smallest absolute Gasteiger partial charge is 0.330 e. The summed E-state index contributed by atoms with van der Waals surface area (Å²) in [6, 6.07) is 0. The number of aryl methyl sites for hydroxylation is 2. The fourth-order valence-electron chi connectivity index (χ4n) is 2.40. The summed E-state index contributed by atoms with van der Waals surface area (Å²) in [5, 5.41) is 4.43. The Labute approximate surface area is 108 Å². The van der Waals surface area contributed by atoms with Crippen LogP contribution in [0, 0.1) is 5.41 Å². The molecule has 0 fully saturated rings. The van der Waals surface area contributed by atoms with Gasteiger partial charge in [-0.1, -0.05) is 13.8 Å². The molecule has 0 radical (unpaired) electrons. The monoisotopic (exact) mass is 252 g/mol. The van der Waals surface area contributed by atoms with Crippen molar-refractivity contribution in [1.82, 2.24) is 14.3 Å². The van der Waals surface area contributed by atoms with Crippen LogP contribution in [-0.4, -0.2) is 20.9 Å². The van der Waals surface area contributed by atoms with Crippen LogP contribution >= 0.6 is 0 Å². The van der Waals surface area contributed by atoms with Gasteiger partial charge in [-0.2, -0.15) is 5.10 Å². The number of hydrogen-bond donors (Lipinski definition) is 1. The minimum absolute atomic E-state index is 0.0651. The van der Waals surface area contributed by atoms with Crippen LogP contribution < -0.4 is 11.4 Å². The van der Waals surface area contributed by atoms with Crippen LogP contribution in [0.2, 0.25) is 0 Å².